The Bertz CT molecular complexity index is 565. The molecule has 0 spiro atoms. The van der Waals surface area contributed by atoms with Gasteiger partial charge in [-0.3, -0.25) is 0 Å². The summed E-state index contributed by atoms with van der Waals surface area (Å²) in [6.07, 6.45) is 3.74. The van der Waals surface area contributed by atoms with Crippen LogP contribution in [-0.2, 0) is 20.4 Å². The molecule has 0 aliphatic heterocycles. The van der Waals surface area contributed by atoms with E-state index in [0.29, 0.717) is 13.2 Å². The van der Waals surface area contributed by atoms with Crippen molar-refractivity contribution in [1.82, 2.24) is 0 Å². The fourth-order valence-corrected chi connectivity index (χ4v) is 4.75. The van der Waals surface area contributed by atoms with Gasteiger partial charge in [-0.25, -0.2) is 8.42 Å². The topological polar surface area (TPSA) is 52.6 Å². The lowest BCUT2D eigenvalue weighted by Gasteiger charge is -2.27. The quantitative estimate of drug-likeness (QED) is 0.719. The SMILES string of the molecule is COCc1cccc(OCC2(CS(=O)(=O)Cl)CCCC2)c1. The number of hydrogen-bond donors (Lipinski definition) is 0. The average Bonchev–Trinajstić information content (AvgIpc) is 2.84. The van der Waals surface area contributed by atoms with Crippen molar-refractivity contribution in [3.8, 4) is 5.75 Å². The van der Waals surface area contributed by atoms with Crippen LogP contribution in [0.3, 0.4) is 0 Å². The summed E-state index contributed by atoms with van der Waals surface area (Å²) in [6.45, 7) is 0.911. The Morgan fingerprint density at radius 2 is 2.00 bits per heavy atom. The molecule has 0 radical (unpaired) electrons. The van der Waals surface area contributed by atoms with Gasteiger partial charge in [-0.15, -0.1) is 0 Å². The predicted octanol–water partition coefficient (Wildman–Crippen LogP) is 3.34. The van der Waals surface area contributed by atoms with E-state index in [-0.39, 0.29) is 11.2 Å². The van der Waals surface area contributed by atoms with Gasteiger partial charge in [0, 0.05) is 23.2 Å². The van der Waals surface area contributed by atoms with Gasteiger partial charge in [-0.05, 0) is 30.5 Å². The highest BCUT2D eigenvalue weighted by molar-refractivity contribution is 8.13. The van der Waals surface area contributed by atoms with Crippen LogP contribution >= 0.6 is 10.7 Å². The summed E-state index contributed by atoms with van der Waals surface area (Å²) in [5.74, 6) is 0.724. The van der Waals surface area contributed by atoms with Crippen molar-refractivity contribution in [2.45, 2.75) is 32.3 Å². The van der Waals surface area contributed by atoms with Gasteiger partial charge in [0.05, 0.1) is 19.0 Å². The van der Waals surface area contributed by atoms with Gasteiger partial charge < -0.3 is 9.47 Å². The summed E-state index contributed by atoms with van der Waals surface area (Å²) >= 11 is 0. The maximum Gasteiger partial charge on any atom is 0.233 e. The second-order valence-electron chi connectivity index (χ2n) is 5.76. The molecular weight excluding hydrogens is 312 g/mol. The molecule has 1 aliphatic carbocycles. The molecule has 0 bridgehead atoms. The maximum absolute atomic E-state index is 11.4. The Labute approximate surface area is 130 Å². The first-order valence-corrected chi connectivity index (χ1v) is 9.53. The number of methoxy groups -OCH3 is 1. The van der Waals surface area contributed by atoms with Crippen LogP contribution in [0.5, 0.6) is 5.75 Å². The van der Waals surface area contributed by atoms with E-state index in [2.05, 4.69) is 0 Å². The van der Waals surface area contributed by atoms with Crippen LogP contribution in [-0.4, -0.2) is 27.9 Å². The molecule has 4 nitrogen and oxygen atoms in total. The molecule has 1 aliphatic rings. The fraction of sp³-hybridized carbons (Fsp3) is 0.600. The molecule has 0 unspecified atom stereocenters. The van der Waals surface area contributed by atoms with E-state index in [1.165, 1.54) is 0 Å². The highest BCUT2D eigenvalue weighted by Gasteiger charge is 2.38. The molecule has 6 heteroatoms. The van der Waals surface area contributed by atoms with Crippen LogP contribution in [0.25, 0.3) is 0 Å². The highest BCUT2D eigenvalue weighted by atomic mass is 35.7. The zero-order valence-electron chi connectivity index (χ0n) is 12.2. The molecule has 0 N–H and O–H groups in total. The molecule has 0 atom stereocenters. The first kappa shape index (κ1) is 16.6. The first-order valence-electron chi connectivity index (χ1n) is 7.06. The third kappa shape index (κ3) is 5.16. The molecule has 1 fully saturated rings. The van der Waals surface area contributed by atoms with E-state index in [9.17, 15) is 8.42 Å². The third-order valence-corrected chi connectivity index (χ3v) is 5.18. The molecule has 0 saturated heterocycles. The Hall–Kier alpha value is -0.780. The van der Waals surface area contributed by atoms with Gasteiger partial charge >= 0.3 is 0 Å². The Balaban J connectivity index is 2.03. The largest absolute Gasteiger partial charge is 0.493 e. The van der Waals surface area contributed by atoms with Crippen molar-refractivity contribution in [2.24, 2.45) is 5.41 Å². The molecule has 118 valence electrons. The van der Waals surface area contributed by atoms with Crippen molar-refractivity contribution in [1.29, 1.82) is 0 Å². The van der Waals surface area contributed by atoms with Crippen LogP contribution in [0.15, 0.2) is 24.3 Å². The van der Waals surface area contributed by atoms with Crippen LogP contribution in [0, 0.1) is 5.41 Å². The van der Waals surface area contributed by atoms with E-state index in [1.54, 1.807) is 7.11 Å². The monoisotopic (exact) mass is 332 g/mol. The molecule has 0 heterocycles. The van der Waals surface area contributed by atoms with Crippen molar-refractivity contribution < 1.29 is 17.9 Å². The lowest BCUT2D eigenvalue weighted by atomic mass is 9.90. The molecule has 21 heavy (non-hydrogen) atoms. The van der Waals surface area contributed by atoms with E-state index < -0.39 is 9.05 Å². The highest BCUT2D eigenvalue weighted by Crippen LogP contribution is 2.40. The lowest BCUT2D eigenvalue weighted by molar-refractivity contribution is 0.168. The second-order valence-corrected chi connectivity index (χ2v) is 8.54. The van der Waals surface area contributed by atoms with Gasteiger partial charge in [0.2, 0.25) is 9.05 Å². The number of ether oxygens (including phenoxy) is 2. The number of halogens is 1. The van der Waals surface area contributed by atoms with Crippen molar-refractivity contribution in [3.05, 3.63) is 29.8 Å². The lowest BCUT2D eigenvalue weighted by Crippen LogP contribution is -2.32. The summed E-state index contributed by atoms with van der Waals surface area (Å²) in [4.78, 5) is 0. The fourth-order valence-electron chi connectivity index (χ4n) is 2.95. The first-order chi connectivity index (χ1) is 9.92. The average molecular weight is 333 g/mol. The minimum absolute atomic E-state index is 0.0146. The molecule has 0 amide bonds. The van der Waals surface area contributed by atoms with E-state index in [0.717, 1.165) is 37.0 Å². The van der Waals surface area contributed by atoms with E-state index >= 15 is 0 Å². The zero-order chi connectivity index (χ0) is 15.3. The van der Waals surface area contributed by atoms with E-state index in [1.807, 2.05) is 24.3 Å². The van der Waals surface area contributed by atoms with Crippen LogP contribution in [0.2, 0.25) is 0 Å². The van der Waals surface area contributed by atoms with Crippen molar-refractivity contribution >= 4 is 19.7 Å². The summed E-state index contributed by atoms with van der Waals surface area (Å²) in [5, 5.41) is 0. The van der Waals surface area contributed by atoms with Crippen LogP contribution in [0.1, 0.15) is 31.2 Å². The van der Waals surface area contributed by atoms with Gasteiger partial charge in [0.15, 0.2) is 0 Å². The van der Waals surface area contributed by atoms with Gasteiger partial charge in [0.25, 0.3) is 0 Å². The molecule has 1 aromatic rings. The summed E-state index contributed by atoms with van der Waals surface area (Å²) in [7, 11) is 3.58. The molecule has 2 rings (SSSR count). The number of rotatable bonds is 7. The summed E-state index contributed by atoms with van der Waals surface area (Å²) < 4.78 is 33.8. The third-order valence-electron chi connectivity index (χ3n) is 3.90. The zero-order valence-corrected chi connectivity index (χ0v) is 13.8. The normalized spacial score (nSPS) is 17.8. The van der Waals surface area contributed by atoms with Crippen LogP contribution < -0.4 is 4.74 Å². The maximum atomic E-state index is 11.4. The summed E-state index contributed by atoms with van der Waals surface area (Å²) in [5.41, 5.74) is 0.679. The minimum atomic E-state index is -3.51. The molecule has 1 saturated carbocycles. The van der Waals surface area contributed by atoms with Crippen molar-refractivity contribution in [2.75, 3.05) is 19.5 Å². The molecular formula is C15H21ClO4S. The van der Waals surface area contributed by atoms with E-state index in [4.69, 9.17) is 20.2 Å². The minimum Gasteiger partial charge on any atom is -0.493 e. The van der Waals surface area contributed by atoms with Gasteiger partial charge in [-0.1, -0.05) is 25.0 Å². The Morgan fingerprint density at radius 1 is 1.29 bits per heavy atom. The van der Waals surface area contributed by atoms with Crippen LogP contribution in [0.4, 0.5) is 0 Å². The standard InChI is InChI=1S/C15H21ClO4S/c1-19-10-13-5-4-6-14(9-13)20-11-15(7-2-3-8-15)12-21(16,17)18/h4-6,9H,2-3,7-8,10-12H2,1H3. The molecule has 0 aromatic heterocycles. The summed E-state index contributed by atoms with van der Waals surface area (Å²) in [6, 6.07) is 7.66. The smallest absolute Gasteiger partial charge is 0.233 e. The van der Waals surface area contributed by atoms with Gasteiger partial charge in [0.1, 0.15) is 5.75 Å². The second kappa shape index (κ2) is 6.99. The Morgan fingerprint density at radius 3 is 2.62 bits per heavy atom. The van der Waals surface area contributed by atoms with Gasteiger partial charge in [-0.2, -0.15) is 0 Å². The number of hydrogen-bond acceptors (Lipinski definition) is 4. The predicted molar refractivity (Wildman–Crippen MR) is 83.2 cm³/mol. The molecule has 1 aromatic carbocycles. The van der Waals surface area contributed by atoms with Crippen molar-refractivity contribution in [3.63, 3.8) is 0 Å². The number of benzene rings is 1. The Kier molecular flexibility index (Phi) is 5.52.